The number of Topliss-reactive ketones (excluding diaryl/α,β-unsaturated/α-hetero) is 2. The van der Waals surface area contributed by atoms with Crippen LogP contribution < -0.4 is 0 Å². The van der Waals surface area contributed by atoms with Crippen LogP contribution in [-0.4, -0.2) is 11.6 Å². The van der Waals surface area contributed by atoms with Crippen LogP contribution >= 0.6 is 0 Å². The second-order valence-corrected chi connectivity index (χ2v) is 5.62. The maximum absolute atomic E-state index is 11.5. The molecule has 0 aromatic heterocycles. The molecule has 0 heterocycles. The standard InChI is InChI=1S/C15H16O2/c16-13-6-14(17)10-15(9-13)7-12(8-15)11-4-2-1-3-5-11/h1-5,12H,6-10H2. The first-order chi connectivity index (χ1) is 8.17. The molecule has 0 atom stereocenters. The highest BCUT2D eigenvalue weighted by Crippen LogP contribution is 2.57. The molecular formula is C15H16O2. The molecule has 2 aliphatic carbocycles. The van der Waals surface area contributed by atoms with Crippen molar-refractivity contribution in [3.63, 3.8) is 0 Å². The van der Waals surface area contributed by atoms with Crippen molar-refractivity contribution >= 4 is 11.6 Å². The number of carbonyl (C=O) groups is 2. The van der Waals surface area contributed by atoms with Crippen molar-refractivity contribution in [3.05, 3.63) is 35.9 Å². The lowest BCUT2D eigenvalue weighted by Crippen LogP contribution is -2.43. The highest BCUT2D eigenvalue weighted by molar-refractivity contribution is 6.02. The lowest BCUT2D eigenvalue weighted by molar-refractivity contribution is -0.137. The van der Waals surface area contributed by atoms with Crippen LogP contribution in [0.25, 0.3) is 0 Å². The minimum Gasteiger partial charge on any atom is -0.299 e. The number of ketones is 2. The van der Waals surface area contributed by atoms with E-state index in [0.29, 0.717) is 18.8 Å². The predicted octanol–water partition coefficient (Wildman–Crippen LogP) is 2.87. The number of carbonyl (C=O) groups excluding carboxylic acids is 2. The summed E-state index contributed by atoms with van der Waals surface area (Å²) >= 11 is 0. The number of benzene rings is 1. The second kappa shape index (κ2) is 3.80. The van der Waals surface area contributed by atoms with Crippen molar-refractivity contribution in [1.29, 1.82) is 0 Å². The molecule has 3 rings (SSSR count). The van der Waals surface area contributed by atoms with Crippen LogP contribution in [0.15, 0.2) is 30.3 Å². The summed E-state index contributed by atoms with van der Waals surface area (Å²) in [6, 6.07) is 10.4. The Bertz CT molecular complexity index is 437. The molecule has 0 N–H and O–H groups in total. The van der Waals surface area contributed by atoms with Crippen molar-refractivity contribution in [2.75, 3.05) is 0 Å². The van der Waals surface area contributed by atoms with Gasteiger partial charge in [-0.05, 0) is 29.7 Å². The average molecular weight is 228 g/mol. The molecule has 0 saturated heterocycles. The Kier molecular flexibility index (Phi) is 2.39. The summed E-state index contributed by atoms with van der Waals surface area (Å²) in [5.74, 6) is 0.843. The molecule has 2 fully saturated rings. The van der Waals surface area contributed by atoms with Crippen LogP contribution in [0, 0.1) is 5.41 Å². The van der Waals surface area contributed by atoms with E-state index in [1.54, 1.807) is 0 Å². The summed E-state index contributed by atoms with van der Waals surface area (Å²) in [6.07, 6.45) is 3.45. The molecular weight excluding hydrogens is 212 g/mol. The molecule has 0 aliphatic heterocycles. The van der Waals surface area contributed by atoms with E-state index < -0.39 is 0 Å². The van der Waals surface area contributed by atoms with Gasteiger partial charge < -0.3 is 0 Å². The van der Waals surface area contributed by atoms with Crippen LogP contribution in [0.4, 0.5) is 0 Å². The van der Waals surface area contributed by atoms with Crippen LogP contribution in [0.5, 0.6) is 0 Å². The molecule has 0 radical (unpaired) electrons. The van der Waals surface area contributed by atoms with Gasteiger partial charge in [-0.2, -0.15) is 0 Å². The summed E-state index contributed by atoms with van der Waals surface area (Å²) in [7, 11) is 0. The summed E-state index contributed by atoms with van der Waals surface area (Å²) in [5.41, 5.74) is 1.37. The maximum Gasteiger partial charge on any atom is 0.140 e. The van der Waals surface area contributed by atoms with Gasteiger partial charge in [0.2, 0.25) is 0 Å². The molecule has 1 aromatic rings. The van der Waals surface area contributed by atoms with Gasteiger partial charge in [0.1, 0.15) is 11.6 Å². The molecule has 2 aliphatic rings. The molecule has 1 aromatic carbocycles. The third-order valence-corrected chi connectivity index (χ3v) is 4.17. The molecule has 2 nitrogen and oxygen atoms in total. The normalized spacial score (nSPS) is 23.8. The molecule has 17 heavy (non-hydrogen) atoms. The van der Waals surface area contributed by atoms with E-state index in [-0.39, 0.29) is 23.4 Å². The van der Waals surface area contributed by atoms with E-state index in [1.807, 2.05) is 6.07 Å². The Balaban J connectivity index is 1.71. The third kappa shape index (κ3) is 1.92. The van der Waals surface area contributed by atoms with Crippen LogP contribution in [0.1, 0.15) is 43.6 Å². The first kappa shape index (κ1) is 10.7. The van der Waals surface area contributed by atoms with Gasteiger partial charge in [0.05, 0.1) is 6.42 Å². The third-order valence-electron chi connectivity index (χ3n) is 4.17. The lowest BCUT2D eigenvalue weighted by Gasteiger charge is -2.49. The van der Waals surface area contributed by atoms with Gasteiger partial charge in [0.25, 0.3) is 0 Å². The van der Waals surface area contributed by atoms with E-state index in [9.17, 15) is 9.59 Å². The zero-order valence-corrected chi connectivity index (χ0v) is 9.82. The van der Waals surface area contributed by atoms with E-state index >= 15 is 0 Å². The summed E-state index contributed by atoms with van der Waals surface area (Å²) in [4.78, 5) is 23.0. The molecule has 0 unspecified atom stereocenters. The first-order valence-corrected chi connectivity index (χ1v) is 6.25. The lowest BCUT2D eigenvalue weighted by atomic mass is 9.54. The van der Waals surface area contributed by atoms with Gasteiger partial charge in [-0.3, -0.25) is 9.59 Å². The minimum absolute atomic E-state index is 0.0208. The highest BCUT2D eigenvalue weighted by atomic mass is 16.1. The topological polar surface area (TPSA) is 34.1 Å². The molecule has 88 valence electrons. The van der Waals surface area contributed by atoms with Gasteiger partial charge in [0, 0.05) is 12.8 Å². The fraction of sp³-hybridized carbons (Fsp3) is 0.467. The Hall–Kier alpha value is -1.44. The second-order valence-electron chi connectivity index (χ2n) is 5.62. The van der Waals surface area contributed by atoms with Crippen molar-refractivity contribution in [2.24, 2.45) is 5.41 Å². The van der Waals surface area contributed by atoms with Gasteiger partial charge in [-0.1, -0.05) is 30.3 Å². The molecule has 0 bridgehead atoms. The van der Waals surface area contributed by atoms with Gasteiger partial charge in [-0.15, -0.1) is 0 Å². The Morgan fingerprint density at radius 1 is 0.941 bits per heavy atom. The smallest absolute Gasteiger partial charge is 0.140 e. The monoisotopic (exact) mass is 228 g/mol. The largest absolute Gasteiger partial charge is 0.299 e. The fourth-order valence-corrected chi connectivity index (χ4v) is 3.48. The quantitative estimate of drug-likeness (QED) is 0.693. The summed E-state index contributed by atoms with van der Waals surface area (Å²) < 4.78 is 0. The van der Waals surface area contributed by atoms with E-state index in [2.05, 4.69) is 24.3 Å². The minimum atomic E-state index is 0.0208. The maximum atomic E-state index is 11.5. The molecule has 2 saturated carbocycles. The van der Waals surface area contributed by atoms with Crippen LogP contribution in [0.2, 0.25) is 0 Å². The van der Waals surface area contributed by atoms with Crippen molar-refractivity contribution < 1.29 is 9.59 Å². The fourth-order valence-electron chi connectivity index (χ4n) is 3.48. The Morgan fingerprint density at radius 2 is 1.53 bits per heavy atom. The number of hydrogen-bond donors (Lipinski definition) is 0. The predicted molar refractivity (Wildman–Crippen MR) is 64.7 cm³/mol. The van der Waals surface area contributed by atoms with Gasteiger partial charge in [0.15, 0.2) is 0 Å². The van der Waals surface area contributed by atoms with Crippen LogP contribution in [-0.2, 0) is 9.59 Å². The zero-order chi connectivity index (χ0) is 11.9. The van der Waals surface area contributed by atoms with Gasteiger partial charge >= 0.3 is 0 Å². The van der Waals surface area contributed by atoms with E-state index in [4.69, 9.17) is 0 Å². The van der Waals surface area contributed by atoms with Gasteiger partial charge in [-0.25, -0.2) is 0 Å². The first-order valence-electron chi connectivity index (χ1n) is 6.25. The van der Waals surface area contributed by atoms with Crippen molar-refractivity contribution in [2.45, 2.75) is 38.0 Å². The summed E-state index contributed by atoms with van der Waals surface area (Å²) in [6.45, 7) is 0. The SMILES string of the molecule is O=C1CC(=O)CC2(C1)CC(c1ccccc1)C2. The van der Waals surface area contributed by atoms with Crippen LogP contribution in [0.3, 0.4) is 0 Å². The number of hydrogen-bond acceptors (Lipinski definition) is 2. The number of rotatable bonds is 1. The Labute approximate surface area is 101 Å². The average Bonchev–Trinajstić information content (AvgIpc) is 2.25. The molecule has 2 heteroatoms. The zero-order valence-electron chi connectivity index (χ0n) is 9.82. The molecule has 1 spiro atoms. The summed E-state index contributed by atoms with van der Waals surface area (Å²) in [5, 5.41) is 0. The van der Waals surface area contributed by atoms with E-state index in [1.165, 1.54) is 5.56 Å². The van der Waals surface area contributed by atoms with E-state index in [0.717, 1.165) is 12.8 Å². The highest BCUT2D eigenvalue weighted by Gasteiger charge is 2.49. The Morgan fingerprint density at radius 3 is 2.12 bits per heavy atom. The van der Waals surface area contributed by atoms with Crippen molar-refractivity contribution in [1.82, 2.24) is 0 Å². The molecule has 0 amide bonds. The van der Waals surface area contributed by atoms with Crippen molar-refractivity contribution in [3.8, 4) is 0 Å².